The number of rotatable bonds is 7. The molecule has 1 rings (SSSR count). The summed E-state index contributed by atoms with van der Waals surface area (Å²) < 4.78 is 9.53. The Kier molecular flexibility index (Phi) is 7.82. The zero-order valence-corrected chi connectivity index (χ0v) is 13.0. The number of nitrogens with one attached hydrogen (secondary N) is 1. The van der Waals surface area contributed by atoms with E-state index in [1.807, 2.05) is 0 Å². The molecule has 0 amide bonds. The second-order valence-electron chi connectivity index (χ2n) is 4.96. The van der Waals surface area contributed by atoms with Crippen LogP contribution < -0.4 is 0 Å². The highest BCUT2D eigenvalue weighted by atomic mass is 32.1. The summed E-state index contributed by atoms with van der Waals surface area (Å²) in [7, 11) is 2.07. The first-order chi connectivity index (χ1) is 9.19. The molecule has 108 valence electrons. The van der Waals surface area contributed by atoms with Crippen LogP contribution in [0, 0.1) is 5.41 Å². The Bertz CT molecular complexity index is 353. The van der Waals surface area contributed by atoms with Crippen molar-refractivity contribution in [2.75, 3.05) is 26.7 Å². The van der Waals surface area contributed by atoms with Gasteiger partial charge in [-0.05, 0) is 29.9 Å². The lowest BCUT2D eigenvalue weighted by atomic mass is 10.1. The molecule has 0 spiro atoms. The number of nitrogens with zero attached hydrogens (tertiary/aromatic N) is 2. The van der Waals surface area contributed by atoms with E-state index in [1.54, 1.807) is 0 Å². The fraction of sp³-hybridized carbons (Fsp3) is 0.714. The maximum Gasteiger partial charge on any atom is 0.287 e. The maximum absolute atomic E-state index is 8.17. The van der Waals surface area contributed by atoms with Gasteiger partial charge in [-0.1, -0.05) is 32.3 Å². The fourth-order valence-corrected chi connectivity index (χ4v) is 2.25. The maximum atomic E-state index is 8.17. The number of hydrogen-bond acceptors (Lipinski definition) is 4. The molecule has 0 aromatic rings. The lowest BCUT2D eigenvalue weighted by Crippen LogP contribution is -2.31. The smallest absolute Gasteiger partial charge is 0.287 e. The van der Waals surface area contributed by atoms with Crippen LogP contribution in [-0.4, -0.2) is 43.3 Å². The SMILES string of the molecule is CCCCCCO/C(=N/[SH2+])C(=N)C1=CCCN(C)C1. The third-order valence-electron chi connectivity index (χ3n) is 3.22. The lowest BCUT2D eigenvalue weighted by Gasteiger charge is -2.23. The van der Waals surface area contributed by atoms with Gasteiger partial charge in [0.1, 0.15) is 18.5 Å². The van der Waals surface area contributed by atoms with E-state index < -0.39 is 0 Å². The number of likely N-dealkylation sites (N-methyl/N-ethyl adjacent to an activating group) is 1. The zero-order valence-electron chi connectivity index (χ0n) is 12.0. The van der Waals surface area contributed by atoms with Crippen LogP contribution in [0.15, 0.2) is 16.0 Å². The number of hydrogen-bond donors (Lipinski definition) is 1. The molecule has 1 aliphatic rings. The molecule has 0 atom stereocenters. The molecule has 0 unspecified atom stereocenters. The molecule has 0 saturated heterocycles. The van der Waals surface area contributed by atoms with Gasteiger partial charge in [0, 0.05) is 13.1 Å². The Morgan fingerprint density at radius 1 is 1.47 bits per heavy atom. The van der Waals surface area contributed by atoms with E-state index in [2.05, 4.69) is 42.2 Å². The summed E-state index contributed by atoms with van der Waals surface area (Å²) in [6.07, 6.45) is 7.74. The Morgan fingerprint density at radius 2 is 2.26 bits per heavy atom. The van der Waals surface area contributed by atoms with E-state index in [0.29, 0.717) is 18.2 Å². The topological polar surface area (TPSA) is 48.7 Å². The molecule has 0 radical (unpaired) electrons. The monoisotopic (exact) mass is 284 g/mol. The number of unbranched alkanes of at least 4 members (excludes halogenated alkanes) is 3. The van der Waals surface area contributed by atoms with Crippen molar-refractivity contribution in [3.8, 4) is 0 Å². The van der Waals surface area contributed by atoms with Gasteiger partial charge in [-0.3, -0.25) is 5.41 Å². The summed E-state index contributed by atoms with van der Waals surface area (Å²) in [5, 5.41) is 8.17. The highest BCUT2D eigenvalue weighted by Crippen LogP contribution is 2.11. The molecular weight excluding hydrogens is 258 g/mol. The molecule has 0 aromatic carbocycles. The summed E-state index contributed by atoms with van der Waals surface area (Å²) in [5.41, 5.74) is 1.40. The van der Waals surface area contributed by atoms with E-state index in [4.69, 9.17) is 10.1 Å². The first kappa shape index (κ1) is 16.2. The Labute approximate surface area is 122 Å². The Hall–Kier alpha value is -0.810. The molecule has 0 bridgehead atoms. The number of ether oxygens (including phenoxy) is 1. The molecule has 0 aliphatic carbocycles. The molecule has 1 heterocycles. The summed E-state index contributed by atoms with van der Waals surface area (Å²) in [6.45, 7) is 4.67. The predicted octanol–water partition coefficient (Wildman–Crippen LogP) is 2.19. The van der Waals surface area contributed by atoms with E-state index in [-0.39, 0.29) is 0 Å². The molecule has 5 heteroatoms. The molecule has 19 heavy (non-hydrogen) atoms. The second-order valence-corrected chi connectivity index (χ2v) is 5.18. The van der Waals surface area contributed by atoms with E-state index in [9.17, 15) is 0 Å². The second kappa shape index (κ2) is 9.15. The quantitative estimate of drug-likeness (QED) is 0.337. The summed E-state index contributed by atoms with van der Waals surface area (Å²) in [5.74, 6) is 0.398. The Balaban J connectivity index is 2.42. The van der Waals surface area contributed by atoms with Crippen LogP contribution in [-0.2, 0) is 17.6 Å². The van der Waals surface area contributed by atoms with Crippen molar-refractivity contribution in [3.05, 3.63) is 11.6 Å². The van der Waals surface area contributed by atoms with Crippen LogP contribution in [0.25, 0.3) is 0 Å². The third-order valence-corrected chi connectivity index (χ3v) is 3.42. The van der Waals surface area contributed by atoms with E-state index >= 15 is 0 Å². The first-order valence-electron chi connectivity index (χ1n) is 7.03. The van der Waals surface area contributed by atoms with Gasteiger partial charge in [0.15, 0.2) is 0 Å². The van der Waals surface area contributed by atoms with Gasteiger partial charge in [-0.2, -0.15) is 0 Å². The van der Waals surface area contributed by atoms with Crippen molar-refractivity contribution in [1.29, 1.82) is 5.41 Å². The van der Waals surface area contributed by atoms with E-state index in [0.717, 1.165) is 31.5 Å². The molecule has 1 aliphatic heterocycles. The van der Waals surface area contributed by atoms with Gasteiger partial charge < -0.3 is 9.64 Å². The molecule has 0 aromatic heterocycles. The zero-order chi connectivity index (χ0) is 14.1. The minimum absolute atomic E-state index is 0.398. The first-order valence-corrected chi connectivity index (χ1v) is 7.47. The standard InChI is InChI=1S/C14H25N3OS/c1-3-4-5-6-10-18-14(16-19)13(15)12-8-7-9-17(2)11-12/h8,15,19H,3-7,9-11H2,1-2H3/p+1/b15-13?,16-14+. The van der Waals surface area contributed by atoms with Crippen molar-refractivity contribution in [2.45, 2.75) is 39.0 Å². The van der Waals surface area contributed by atoms with Gasteiger partial charge in [-0.25, -0.2) is 0 Å². The normalized spacial score (nSPS) is 17.2. The molecular formula is C14H26N3OS+. The average molecular weight is 284 g/mol. The van der Waals surface area contributed by atoms with Crippen molar-refractivity contribution < 1.29 is 4.74 Å². The molecule has 0 fully saturated rings. The van der Waals surface area contributed by atoms with Gasteiger partial charge >= 0.3 is 0 Å². The fourth-order valence-electron chi connectivity index (χ4n) is 2.07. The highest BCUT2D eigenvalue weighted by Gasteiger charge is 2.19. The predicted molar refractivity (Wildman–Crippen MR) is 85.6 cm³/mol. The molecule has 1 N–H and O–H groups in total. The van der Waals surface area contributed by atoms with Crippen molar-refractivity contribution in [2.24, 2.45) is 4.40 Å². The minimum atomic E-state index is 0.398. The van der Waals surface area contributed by atoms with Crippen molar-refractivity contribution in [1.82, 2.24) is 4.90 Å². The van der Waals surface area contributed by atoms with Crippen LogP contribution in [0.5, 0.6) is 0 Å². The summed E-state index contributed by atoms with van der Waals surface area (Å²) in [4.78, 5) is 2.20. The molecule has 0 saturated carbocycles. The van der Waals surface area contributed by atoms with Crippen molar-refractivity contribution >= 4 is 24.4 Å². The van der Waals surface area contributed by atoms with Crippen LogP contribution in [0.2, 0.25) is 0 Å². The summed E-state index contributed by atoms with van der Waals surface area (Å²) >= 11 is 3.11. The van der Waals surface area contributed by atoms with Gasteiger partial charge in [-0.15, -0.1) is 0 Å². The molecule has 4 nitrogen and oxygen atoms in total. The van der Waals surface area contributed by atoms with Crippen LogP contribution in [0.4, 0.5) is 0 Å². The van der Waals surface area contributed by atoms with E-state index in [1.165, 1.54) is 19.3 Å². The Morgan fingerprint density at radius 3 is 2.89 bits per heavy atom. The van der Waals surface area contributed by atoms with Crippen LogP contribution in [0.1, 0.15) is 39.0 Å². The van der Waals surface area contributed by atoms with Gasteiger partial charge in [0.2, 0.25) is 0 Å². The van der Waals surface area contributed by atoms with Crippen LogP contribution in [0.3, 0.4) is 0 Å². The average Bonchev–Trinajstić information content (AvgIpc) is 2.42. The largest absolute Gasteiger partial charge is 0.473 e. The minimum Gasteiger partial charge on any atom is -0.473 e. The van der Waals surface area contributed by atoms with Crippen molar-refractivity contribution in [3.63, 3.8) is 0 Å². The van der Waals surface area contributed by atoms with Gasteiger partial charge in [0.05, 0.1) is 6.61 Å². The van der Waals surface area contributed by atoms with Crippen LogP contribution >= 0.6 is 0 Å². The van der Waals surface area contributed by atoms with Gasteiger partial charge in [0.25, 0.3) is 5.90 Å². The third kappa shape index (κ3) is 5.78. The summed E-state index contributed by atoms with van der Waals surface area (Å²) in [6, 6.07) is 0. The lowest BCUT2D eigenvalue weighted by molar-refractivity contribution is 0.298. The highest BCUT2D eigenvalue weighted by molar-refractivity contribution is 7.57.